The summed E-state index contributed by atoms with van der Waals surface area (Å²) in [6.07, 6.45) is 48.0. The summed E-state index contributed by atoms with van der Waals surface area (Å²) in [6, 6.07) is 18.8. The van der Waals surface area contributed by atoms with Crippen LogP contribution < -0.4 is 0 Å². The van der Waals surface area contributed by atoms with Crippen molar-refractivity contribution in [2.24, 2.45) is 23.7 Å². The van der Waals surface area contributed by atoms with Crippen LogP contribution in [0.3, 0.4) is 0 Å². The molecule has 1 fully saturated rings. The Labute approximate surface area is 296 Å². The summed E-state index contributed by atoms with van der Waals surface area (Å²) in [5.74, 6) is 2.24. The fraction of sp³-hybridized carbons (Fsp3) is 0.265. The smallest absolute Gasteiger partial charge is 0.0556 e. The van der Waals surface area contributed by atoms with Gasteiger partial charge in [-0.25, -0.2) is 0 Å². The quantitative estimate of drug-likeness (QED) is 0.320. The maximum atomic E-state index is 2.68. The van der Waals surface area contributed by atoms with Gasteiger partial charge in [0.25, 0.3) is 0 Å². The van der Waals surface area contributed by atoms with Crippen molar-refractivity contribution in [2.75, 3.05) is 0 Å². The van der Waals surface area contributed by atoms with Crippen molar-refractivity contribution in [2.45, 2.75) is 55.9 Å². The van der Waals surface area contributed by atoms with Crippen LogP contribution in [0.15, 0.2) is 180 Å². The van der Waals surface area contributed by atoms with E-state index in [1.54, 1.807) is 39.0 Å². The van der Waals surface area contributed by atoms with Crippen LogP contribution in [0.5, 0.6) is 0 Å². The molecule has 1 heteroatoms. The first-order chi connectivity index (χ1) is 24.8. The van der Waals surface area contributed by atoms with Gasteiger partial charge in [-0.2, -0.15) is 0 Å². The predicted octanol–water partition coefficient (Wildman–Crippen LogP) is 11.4. The minimum absolute atomic E-state index is 0.0650. The lowest BCUT2D eigenvalue weighted by molar-refractivity contribution is 0.206. The molecule has 2 aromatic carbocycles. The van der Waals surface area contributed by atoms with Gasteiger partial charge in [-0.3, -0.25) is 0 Å². The number of benzene rings is 2. The molecule has 9 aliphatic carbocycles. The molecule has 7 unspecified atom stereocenters. The van der Waals surface area contributed by atoms with Crippen LogP contribution >= 0.6 is 0 Å². The molecule has 0 saturated heterocycles. The van der Waals surface area contributed by atoms with Crippen LogP contribution in [0.4, 0.5) is 0 Å². The zero-order chi connectivity index (χ0) is 32.8. The minimum atomic E-state index is 0.0650. The highest BCUT2D eigenvalue weighted by atomic mass is 15.2. The van der Waals surface area contributed by atoms with Crippen molar-refractivity contribution in [3.8, 4) is 0 Å². The van der Waals surface area contributed by atoms with Crippen LogP contribution in [-0.2, 0) is 5.41 Å². The molecule has 50 heavy (non-hydrogen) atoms. The SMILES string of the molecule is C1=CCCC(N(C2=CCC3C(=C2)C2=CC=CCC2C32c3cccc4c3C3=C(C=CCC32)C2C=CC(c3ccccc3)=CC42)C2C=CC=CC2)=C1. The maximum absolute atomic E-state index is 2.68. The highest BCUT2D eigenvalue weighted by Crippen LogP contribution is 2.72. The van der Waals surface area contributed by atoms with Crippen LogP contribution in [0.25, 0.3) is 11.1 Å². The van der Waals surface area contributed by atoms with Crippen LogP contribution in [-0.4, -0.2) is 10.9 Å². The zero-order valence-electron chi connectivity index (χ0n) is 28.6. The highest BCUT2D eigenvalue weighted by molar-refractivity contribution is 5.90. The Kier molecular flexibility index (Phi) is 6.39. The lowest BCUT2D eigenvalue weighted by Crippen LogP contribution is -2.43. The van der Waals surface area contributed by atoms with Crippen molar-refractivity contribution in [1.82, 2.24) is 4.90 Å². The molecule has 1 saturated carbocycles. The largest absolute Gasteiger partial charge is 0.338 e. The maximum Gasteiger partial charge on any atom is 0.0556 e. The van der Waals surface area contributed by atoms with Crippen molar-refractivity contribution in [1.29, 1.82) is 0 Å². The number of rotatable bonds is 4. The van der Waals surface area contributed by atoms with E-state index in [1.165, 1.54) is 22.5 Å². The first-order valence-electron chi connectivity index (χ1n) is 19.1. The molecule has 0 aliphatic heterocycles. The molecule has 0 aromatic heterocycles. The van der Waals surface area contributed by atoms with Crippen LogP contribution in [0.2, 0.25) is 0 Å². The number of hydrogen-bond donors (Lipinski definition) is 0. The minimum Gasteiger partial charge on any atom is -0.338 e. The molecule has 11 rings (SSSR count). The molecule has 1 spiro atoms. The molecule has 1 nitrogen and oxygen atoms in total. The van der Waals surface area contributed by atoms with Crippen molar-refractivity contribution >= 4 is 11.1 Å². The Bertz CT molecular complexity index is 2200. The average molecular weight is 646 g/mol. The zero-order valence-corrected chi connectivity index (χ0v) is 28.6. The third kappa shape index (κ3) is 3.90. The Morgan fingerprint density at radius 2 is 1.56 bits per heavy atom. The summed E-state index contributed by atoms with van der Waals surface area (Å²) in [7, 11) is 0. The van der Waals surface area contributed by atoms with Crippen LogP contribution in [0.1, 0.15) is 66.7 Å². The van der Waals surface area contributed by atoms with Gasteiger partial charge in [-0.05, 0) is 119 Å². The fourth-order valence-corrected chi connectivity index (χ4v) is 11.8. The van der Waals surface area contributed by atoms with Gasteiger partial charge in [0.1, 0.15) is 0 Å². The molecule has 7 atom stereocenters. The summed E-state index contributed by atoms with van der Waals surface area (Å²) in [5.41, 5.74) is 16.9. The molecule has 9 aliphatic rings. The van der Waals surface area contributed by atoms with E-state index in [0.717, 1.165) is 38.5 Å². The van der Waals surface area contributed by atoms with Crippen molar-refractivity contribution in [3.63, 3.8) is 0 Å². The van der Waals surface area contributed by atoms with Gasteiger partial charge >= 0.3 is 0 Å². The summed E-state index contributed by atoms with van der Waals surface area (Å²) in [5, 5.41) is 0. The van der Waals surface area contributed by atoms with E-state index in [0.29, 0.717) is 35.6 Å². The van der Waals surface area contributed by atoms with Gasteiger partial charge in [0.05, 0.1) is 6.04 Å². The summed E-state index contributed by atoms with van der Waals surface area (Å²) >= 11 is 0. The van der Waals surface area contributed by atoms with Gasteiger partial charge in [0, 0.05) is 28.6 Å². The topological polar surface area (TPSA) is 3.24 Å². The van der Waals surface area contributed by atoms with Crippen molar-refractivity contribution < 1.29 is 0 Å². The summed E-state index contributed by atoms with van der Waals surface area (Å²) in [4.78, 5) is 2.68. The first-order valence-corrected chi connectivity index (χ1v) is 19.1. The standard InChI is InChI=1S/C49H43N/c1-4-14-32(15-5-1)33-26-28-37-39-21-12-24-45-47(39)48-40(41(37)30-33)22-13-25-46(48)49(45)43-23-11-10-20-38(43)42-31-36(27-29-44(42)49)50(34-16-6-2-7-17-34)35-18-8-3-9-19-35/h1-8,10-16,18,20-22,25-28,30-31,34,37,41,43-45H,9,17,19,23-24,29H2. The Balaban J connectivity index is 1.08. The van der Waals surface area contributed by atoms with E-state index >= 15 is 0 Å². The van der Waals surface area contributed by atoms with E-state index in [-0.39, 0.29) is 5.41 Å². The molecule has 0 N–H and O–H groups in total. The Morgan fingerprint density at radius 3 is 2.44 bits per heavy atom. The van der Waals surface area contributed by atoms with E-state index in [1.807, 2.05) is 0 Å². The molecule has 2 aromatic rings. The lowest BCUT2D eigenvalue weighted by Gasteiger charge is -2.45. The molecule has 0 heterocycles. The second-order valence-corrected chi connectivity index (χ2v) is 15.6. The van der Waals surface area contributed by atoms with Gasteiger partial charge < -0.3 is 4.90 Å². The number of hydrogen-bond acceptors (Lipinski definition) is 1. The molecular formula is C49H43N. The van der Waals surface area contributed by atoms with E-state index in [2.05, 4.69) is 157 Å². The van der Waals surface area contributed by atoms with Gasteiger partial charge in [-0.15, -0.1) is 0 Å². The van der Waals surface area contributed by atoms with Gasteiger partial charge in [-0.1, -0.05) is 140 Å². The average Bonchev–Trinajstić information content (AvgIpc) is 3.66. The van der Waals surface area contributed by atoms with Gasteiger partial charge in [0.2, 0.25) is 0 Å². The molecular weight excluding hydrogens is 603 g/mol. The summed E-state index contributed by atoms with van der Waals surface area (Å²) in [6.45, 7) is 0. The Hall–Kier alpha value is -4.88. The van der Waals surface area contributed by atoms with Gasteiger partial charge in [0.15, 0.2) is 0 Å². The third-order valence-electron chi connectivity index (χ3n) is 13.5. The summed E-state index contributed by atoms with van der Waals surface area (Å²) < 4.78 is 0. The van der Waals surface area contributed by atoms with Crippen LogP contribution in [0, 0.1) is 23.7 Å². The second-order valence-electron chi connectivity index (χ2n) is 15.6. The normalized spacial score (nSPS) is 33.2. The lowest BCUT2D eigenvalue weighted by atomic mass is 9.58. The molecule has 0 amide bonds. The third-order valence-corrected chi connectivity index (χ3v) is 13.5. The first kappa shape index (κ1) is 28.9. The fourth-order valence-electron chi connectivity index (χ4n) is 11.8. The molecule has 244 valence electrons. The molecule has 0 bridgehead atoms. The number of allylic oxidation sites excluding steroid dienone is 21. The second kappa shape index (κ2) is 11.1. The molecule has 0 radical (unpaired) electrons. The highest BCUT2D eigenvalue weighted by Gasteiger charge is 2.65. The van der Waals surface area contributed by atoms with E-state index in [4.69, 9.17) is 0 Å². The predicted molar refractivity (Wildman–Crippen MR) is 207 cm³/mol. The van der Waals surface area contributed by atoms with Crippen molar-refractivity contribution in [3.05, 3.63) is 202 Å². The number of nitrogens with zero attached hydrogens (tertiary/aromatic N) is 1. The monoisotopic (exact) mass is 645 g/mol. The number of fused-ring (bicyclic) bond motifs is 10. The van der Waals surface area contributed by atoms with E-state index < -0.39 is 0 Å². The van der Waals surface area contributed by atoms with E-state index in [9.17, 15) is 0 Å². The Morgan fingerprint density at radius 1 is 0.680 bits per heavy atom.